The summed E-state index contributed by atoms with van der Waals surface area (Å²) in [6.07, 6.45) is 1.14. The summed E-state index contributed by atoms with van der Waals surface area (Å²) in [5, 5.41) is 8.51. The van der Waals surface area contributed by atoms with Gasteiger partial charge in [-0.1, -0.05) is 12.1 Å². The van der Waals surface area contributed by atoms with Crippen LogP contribution in [0, 0.1) is 0 Å². The van der Waals surface area contributed by atoms with Crippen molar-refractivity contribution in [1.29, 1.82) is 0 Å². The third-order valence-corrected chi connectivity index (χ3v) is 3.98. The minimum absolute atomic E-state index is 0.0367. The van der Waals surface area contributed by atoms with Crippen molar-refractivity contribution < 1.29 is 9.53 Å². The molecule has 128 valence electrons. The molecular formula is C19H20N4O2. The number of ether oxygens (including phenoxy) is 1. The Balaban J connectivity index is 1.65. The Bertz CT molecular complexity index is 808. The van der Waals surface area contributed by atoms with E-state index in [4.69, 9.17) is 4.74 Å². The molecule has 0 radical (unpaired) electrons. The summed E-state index contributed by atoms with van der Waals surface area (Å²) in [7, 11) is 1.65. The first-order valence-electron chi connectivity index (χ1n) is 8.06. The zero-order valence-electron chi connectivity index (χ0n) is 14.2. The first kappa shape index (κ1) is 16.7. The number of anilines is 1. The van der Waals surface area contributed by atoms with Gasteiger partial charge in [0.15, 0.2) is 0 Å². The molecule has 0 saturated heterocycles. The highest BCUT2D eigenvalue weighted by atomic mass is 16.5. The molecule has 25 heavy (non-hydrogen) atoms. The molecule has 6 heteroatoms. The summed E-state index contributed by atoms with van der Waals surface area (Å²) in [4.78, 5) is 11.1. The Kier molecular flexibility index (Phi) is 5.09. The quantitative estimate of drug-likeness (QED) is 0.650. The number of methoxy groups -OCH3 is 1. The highest BCUT2D eigenvalue weighted by Gasteiger charge is 2.12. The van der Waals surface area contributed by atoms with Crippen molar-refractivity contribution in [3.05, 3.63) is 59.7 Å². The van der Waals surface area contributed by atoms with Crippen LogP contribution >= 0.6 is 0 Å². The molecule has 1 heterocycles. The van der Waals surface area contributed by atoms with Crippen molar-refractivity contribution in [2.75, 3.05) is 12.5 Å². The Morgan fingerprint density at radius 1 is 1.12 bits per heavy atom. The average Bonchev–Trinajstić information content (AvgIpc) is 2.67. The SMILES string of the molecule is COc1ccc(C(C)=NNc2ccc(C3=NNC(=O)CC3)cc2)cc1. The molecule has 3 rings (SSSR count). The molecular weight excluding hydrogens is 316 g/mol. The number of benzene rings is 2. The van der Waals surface area contributed by atoms with Crippen LogP contribution in [0.5, 0.6) is 5.75 Å². The number of carbonyl (C=O) groups is 1. The van der Waals surface area contributed by atoms with E-state index in [1.807, 2.05) is 55.5 Å². The first-order chi connectivity index (χ1) is 12.2. The maximum absolute atomic E-state index is 11.1. The zero-order valence-corrected chi connectivity index (χ0v) is 14.2. The fourth-order valence-corrected chi connectivity index (χ4v) is 2.46. The fourth-order valence-electron chi connectivity index (χ4n) is 2.46. The lowest BCUT2D eigenvalue weighted by atomic mass is 10.0. The number of nitrogens with one attached hydrogen (secondary N) is 2. The van der Waals surface area contributed by atoms with Crippen LogP contribution in [0.2, 0.25) is 0 Å². The minimum Gasteiger partial charge on any atom is -0.497 e. The van der Waals surface area contributed by atoms with Crippen LogP contribution < -0.4 is 15.6 Å². The molecule has 2 aromatic carbocycles. The van der Waals surface area contributed by atoms with E-state index in [-0.39, 0.29) is 5.91 Å². The lowest BCUT2D eigenvalue weighted by molar-refractivity contribution is -0.121. The van der Waals surface area contributed by atoms with Gasteiger partial charge in [-0.25, -0.2) is 5.43 Å². The van der Waals surface area contributed by atoms with Crippen molar-refractivity contribution in [1.82, 2.24) is 5.43 Å². The van der Waals surface area contributed by atoms with Crippen LogP contribution in [0.1, 0.15) is 30.9 Å². The van der Waals surface area contributed by atoms with E-state index in [0.29, 0.717) is 12.8 Å². The molecule has 0 unspecified atom stereocenters. The summed E-state index contributed by atoms with van der Waals surface area (Å²) >= 11 is 0. The molecule has 0 saturated carbocycles. The van der Waals surface area contributed by atoms with E-state index in [2.05, 4.69) is 21.1 Å². The molecule has 0 fully saturated rings. The van der Waals surface area contributed by atoms with Gasteiger partial charge in [0.1, 0.15) is 5.75 Å². The lowest BCUT2D eigenvalue weighted by Crippen LogP contribution is -2.25. The summed E-state index contributed by atoms with van der Waals surface area (Å²) < 4.78 is 5.16. The summed E-state index contributed by atoms with van der Waals surface area (Å²) in [5.74, 6) is 0.785. The molecule has 0 aromatic heterocycles. The smallest absolute Gasteiger partial charge is 0.240 e. The summed E-state index contributed by atoms with van der Waals surface area (Å²) in [6, 6.07) is 15.6. The number of hydrazone groups is 2. The van der Waals surface area contributed by atoms with Gasteiger partial charge in [-0.15, -0.1) is 0 Å². The zero-order chi connectivity index (χ0) is 17.6. The predicted molar refractivity (Wildman–Crippen MR) is 99.2 cm³/mol. The van der Waals surface area contributed by atoms with Crippen LogP contribution in [-0.4, -0.2) is 24.4 Å². The third-order valence-electron chi connectivity index (χ3n) is 3.98. The second kappa shape index (κ2) is 7.61. The molecule has 0 aliphatic carbocycles. The van der Waals surface area contributed by atoms with E-state index in [1.165, 1.54) is 0 Å². The molecule has 1 aliphatic rings. The number of hydrogen-bond acceptors (Lipinski definition) is 5. The van der Waals surface area contributed by atoms with E-state index in [1.54, 1.807) is 7.11 Å². The molecule has 6 nitrogen and oxygen atoms in total. The average molecular weight is 336 g/mol. The molecule has 2 N–H and O–H groups in total. The Morgan fingerprint density at radius 2 is 1.84 bits per heavy atom. The van der Waals surface area contributed by atoms with Crippen LogP contribution in [-0.2, 0) is 4.79 Å². The second-order valence-electron chi connectivity index (χ2n) is 5.71. The van der Waals surface area contributed by atoms with Crippen molar-refractivity contribution in [2.24, 2.45) is 10.2 Å². The number of carbonyl (C=O) groups excluding carboxylic acids is 1. The van der Waals surface area contributed by atoms with Gasteiger partial charge in [-0.05, 0) is 54.4 Å². The van der Waals surface area contributed by atoms with E-state index < -0.39 is 0 Å². The highest BCUT2D eigenvalue weighted by Crippen LogP contribution is 2.15. The Hall–Kier alpha value is -3.15. The van der Waals surface area contributed by atoms with Crippen LogP contribution in [0.15, 0.2) is 58.7 Å². The largest absolute Gasteiger partial charge is 0.497 e. The van der Waals surface area contributed by atoms with E-state index in [9.17, 15) is 4.79 Å². The molecule has 1 amide bonds. The molecule has 2 aromatic rings. The molecule has 0 bridgehead atoms. The maximum Gasteiger partial charge on any atom is 0.240 e. The Morgan fingerprint density at radius 3 is 2.44 bits per heavy atom. The highest BCUT2D eigenvalue weighted by molar-refractivity contribution is 6.04. The van der Waals surface area contributed by atoms with E-state index in [0.717, 1.165) is 34.0 Å². The van der Waals surface area contributed by atoms with E-state index >= 15 is 0 Å². The lowest BCUT2D eigenvalue weighted by Gasteiger charge is -2.12. The normalized spacial score (nSPS) is 14.6. The summed E-state index contributed by atoms with van der Waals surface area (Å²) in [5.41, 5.74) is 10.3. The van der Waals surface area contributed by atoms with Gasteiger partial charge in [-0.2, -0.15) is 10.2 Å². The van der Waals surface area contributed by atoms with Crippen molar-refractivity contribution in [2.45, 2.75) is 19.8 Å². The predicted octanol–water partition coefficient (Wildman–Crippen LogP) is 3.15. The van der Waals surface area contributed by atoms with Gasteiger partial charge in [0.25, 0.3) is 0 Å². The number of nitrogens with zero attached hydrogens (tertiary/aromatic N) is 2. The van der Waals surface area contributed by atoms with Gasteiger partial charge in [0.2, 0.25) is 5.91 Å². The second-order valence-corrected chi connectivity index (χ2v) is 5.71. The first-order valence-corrected chi connectivity index (χ1v) is 8.06. The van der Waals surface area contributed by atoms with Crippen LogP contribution in [0.25, 0.3) is 0 Å². The number of rotatable bonds is 5. The fraction of sp³-hybridized carbons (Fsp3) is 0.211. The molecule has 0 spiro atoms. The van der Waals surface area contributed by atoms with Gasteiger partial charge >= 0.3 is 0 Å². The maximum atomic E-state index is 11.1. The summed E-state index contributed by atoms with van der Waals surface area (Å²) in [6.45, 7) is 1.95. The van der Waals surface area contributed by atoms with Crippen molar-refractivity contribution in [3.63, 3.8) is 0 Å². The topological polar surface area (TPSA) is 75.1 Å². The van der Waals surface area contributed by atoms with Gasteiger partial charge < -0.3 is 4.74 Å². The number of amides is 1. The molecule has 0 atom stereocenters. The third kappa shape index (κ3) is 4.23. The monoisotopic (exact) mass is 336 g/mol. The van der Waals surface area contributed by atoms with Gasteiger partial charge in [0.05, 0.1) is 24.2 Å². The van der Waals surface area contributed by atoms with Crippen molar-refractivity contribution in [3.8, 4) is 5.75 Å². The van der Waals surface area contributed by atoms with Crippen LogP contribution in [0.4, 0.5) is 5.69 Å². The van der Waals surface area contributed by atoms with Crippen LogP contribution in [0.3, 0.4) is 0 Å². The minimum atomic E-state index is -0.0367. The standard InChI is InChI=1S/C19H20N4O2/c1-13(14-5-9-17(25-2)10-6-14)20-21-16-7-3-15(4-8-16)18-11-12-19(24)23-22-18/h3-10,21H,11-12H2,1-2H3,(H,23,24). The Labute approximate surface area is 146 Å². The molecule has 1 aliphatic heterocycles. The van der Waals surface area contributed by atoms with Gasteiger partial charge in [0, 0.05) is 12.8 Å². The van der Waals surface area contributed by atoms with Crippen molar-refractivity contribution >= 4 is 23.0 Å². The number of hydrogen-bond donors (Lipinski definition) is 2. The van der Waals surface area contributed by atoms with Gasteiger partial charge in [-0.3, -0.25) is 10.2 Å².